The van der Waals surface area contributed by atoms with Crippen LogP contribution in [-0.2, 0) is 29.0 Å². The number of aliphatic hydroxyl groups is 1. The number of aliphatic hydroxyl groups excluding tert-OH is 1. The van der Waals surface area contributed by atoms with Crippen LogP contribution in [0.25, 0.3) is 0 Å². The van der Waals surface area contributed by atoms with Gasteiger partial charge in [-0.05, 0) is 60.9 Å². The summed E-state index contributed by atoms with van der Waals surface area (Å²) < 4.78 is 49.8. The van der Waals surface area contributed by atoms with Crippen molar-refractivity contribution >= 4 is 21.9 Å². The van der Waals surface area contributed by atoms with Crippen molar-refractivity contribution in [3.8, 4) is 5.75 Å². The number of carbonyl (C=O) groups excluding carboxylic acids is 2. The Balaban J connectivity index is 1.49. The third-order valence-electron chi connectivity index (χ3n) is 7.86. The number of nitrogens with zero attached hydrogens (tertiary/aromatic N) is 2. The van der Waals surface area contributed by atoms with E-state index in [-0.39, 0.29) is 48.8 Å². The Morgan fingerprint density at radius 1 is 0.955 bits per heavy atom. The fourth-order valence-corrected chi connectivity index (χ4v) is 6.80. The number of amides is 1. The second-order valence-electron chi connectivity index (χ2n) is 10.8. The highest BCUT2D eigenvalue weighted by molar-refractivity contribution is 7.89. The number of methoxy groups -OCH3 is 2. The van der Waals surface area contributed by atoms with Gasteiger partial charge in [-0.15, -0.1) is 0 Å². The van der Waals surface area contributed by atoms with Gasteiger partial charge in [0, 0.05) is 38.5 Å². The lowest BCUT2D eigenvalue weighted by atomic mass is 9.92. The highest BCUT2D eigenvalue weighted by Gasteiger charge is 2.32. The van der Waals surface area contributed by atoms with E-state index in [0.717, 1.165) is 35.6 Å². The number of likely N-dealkylation sites (tertiary alicyclic amines) is 1. The van der Waals surface area contributed by atoms with E-state index in [1.54, 1.807) is 30.3 Å². The minimum atomic E-state index is -3.92. The monoisotopic (exact) mass is 630 g/mol. The van der Waals surface area contributed by atoms with Crippen LogP contribution in [0.2, 0.25) is 0 Å². The number of hydrogen-bond acceptors (Lipinski definition) is 9. The third-order valence-corrected chi connectivity index (χ3v) is 9.78. The molecule has 0 unspecified atom stereocenters. The first-order valence-electron chi connectivity index (χ1n) is 15.0. The second kappa shape index (κ2) is 16.0. The van der Waals surface area contributed by atoms with Gasteiger partial charge in [0.05, 0.1) is 37.9 Å². The van der Waals surface area contributed by atoms with Crippen molar-refractivity contribution in [3.05, 3.63) is 71.5 Å². The van der Waals surface area contributed by atoms with Crippen LogP contribution in [-0.4, -0.2) is 94.5 Å². The summed E-state index contributed by atoms with van der Waals surface area (Å²) in [4.78, 5) is 27.5. The van der Waals surface area contributed by atoms with E-state index in [0.29, 0.717) is 30.8 Å². The highest BCUT2D eigenvalue weighted by Crippen LogP contribution is 2.33. The van der Waals surface area contributed by atoms with Crippen LogP contribution in [0.5, 0.6) is 5.75 Å². The van der Waals surface area contributed by atoms with Crippen molar-refractivity contribution in [3.63, 3.8) is 0 Å². The van der Waals surface area contributed by atoms with Crippen molar-refractivity contribution in [2.45, 2.75) is 55.6 Å². The number of carbonyl (C=O) groups is 2. The van der Waals surface area contributed by atoms with Crippen LogP contribution in [0.1, 0.15) is 60.4 Å². The number of benzene rings is 2. The van der Waals surface area contributed by atoms with Gasteiger partial charge in [0.25, 0.3) is 5.91 Å². The van der Waals surface area contributed by atoms with Crippen molar-refractivity contribution < 1.29 is 42.1 Å². The minimum Gasteiger partial charge on any atom is -0.497 e. The summed E-state index contributed by atoms with van der Waals surface area (Å²) in [6, 6.07) is 13.0. The lowest BCUT2D eigenvalue weighted by Crippen LogP contribution is -2.39. The van der Waals surface area contributed by atoms with E-state index < -0.39 is 22.3 Å². The summed E-state index contributed by atoms with van der Waals surface area (Å²) in [5, 5.41) is 9.59. The van der Waals surface area contributed by atoms with Crippen LogP contribution in [0, 0.1) is 0 Å². The summed E-state index contributed by atoms with van der Waals surface area (Å²) in [6.07, 6.45) is 6.55. The molecular weight excluding hydrogens is 588 g/mol. The lowest BCUT2D eigenvalue weighted by molar-refractivity contribution is -0.153. The third kappa shape index (κ3) is 8.59. The van der Waals surface area contributed by atoms with Crippen molar-refractivity contribution in [1.82, 2.24) is 9.21 Å². The molecule has 4 rings (SSSR count). The maximum Gasteiger partial charge on any atom is 0.337 e. The molecule has 11 nitrogen and oxygen atoms in total. The van der Waals surface area contributed by atoms with Crippen molar-refractivity contribution in [1.29, 1.82) is 0 Å². The number of hydrogen-bond donors (Lipinski definition) is 1. The smallest absolute Gasteiger partial charge is 0.337 e. The van der Waals surface area contributed by atoms with Gasteiger partial charge in [0.15, 0.2) is 5.76 Å². The average Bonchev–Trinajstić information content (AvgIpc) is 3.03. The quantitative estimate of drug-likeness (QED) is 0.349. The molecule has 1 fully saturated rings. The first kappa shape index (κ1) is 33.4. The first-order valence-corrected chi connectivity index (χ1v) is 16.4. The molecule has 0 radical (unpaired) electrons. The molecule has 2 aromatic carbocycles. The zero-order chi connectivity index (χ0) is 31.5. The molecule has 2 atom stereocenters. The van der Waals surface area contributed by atoms with E-state index in [4.69, 9.17) is 18.9 Å². The maximum absolute atomic E-state index is 13.6. The van der Waals surface area contributed by atoms with E-state index >= 15 is 0 Å². The summed E-state index contributed by atoms with van der Waals surface area (Å²) in [6.45, 7) is 0.768. The Labute approximate surface area is 259 Å². The van der Waals surface area contributed by atoms with Crippen LogP contribution in [0.4, 0.5) is 0 Å². The van der Waals surface area contributed by atoms with Crippen molar-refractivity contribution in [2.75, 3.05) is 53.6 Å². The molecular formula is C32H42N2O9S. The molecule has 1 N–H and O–H groups in total. The molecule has 240 valence electrons. The summed E-state index contributed by atoms with van der Waals surface area (Å²) in [5.41, 5.74) is 1.29. The SMILES string of the molecule is COC(=O)c1ccc([C@H]2C=C(C(=O)N3CCCCCCC3)O[C@@H](OCCN(CCO)S(=O)(=O)c3ccc(OC)cc3)C2)cc1. The Morgan fingerprint density at radius 3 is 2.23 bits per heavy atom. The Kier molecular flexibility index (Phi) is 12.2. The Hall–Kier alpha value is -3.45. The molecule has 12 heteroatoms. The molecule has 44 heavy (non-hydrogen) atoms. The Morgan fingerprint density at radius 2 is 1.61 bits per heavy atom. The Bertz CT molecular complexity index is 1370. The zero-order valence-corrected chi connectivity index (χ0v) is 26.2. The molecule has 0 saturated carbocycles. The maximum atomic E-state index is 13.6. The van der Waals surface area contributed by atoms with Crippen LogP contribution in [0.15, 0.2) is 65.3 Å². The summed E-state index contributed by atoms with van der Waals surface area (Å²) >= 11 is 0. The fraction of sp³-hybridized carbons (Fsp3) is 0.500. The average molecular weight is 631 g/mol. The normalized spacial score (nSPS) is 19.4. The van der Waals surface area contributed by atoms with Gasteiger partial charge in [0.1, 0.15) is 5.75 Å². The lowest BCUT2D eigenvalue weighted by Gasteiger charge is -2.33. The van der Waals surface area contributed by atoms with Crippen LogP contribution < -0.4 is 4.74 Å². The van der Waals surface area contributed by atoms with E-state index in [1.807, 2.05) is 17.0 Å². The summed E-state index contributed by atoms with van der Waals surface area (Å²) in [5.74, 6) is -0.155. The van der Waals surface area contributed by atoms with Gasteiger partial charge in [-0.3, -0.25) is 4.79 Å². The molecule has 1 saturated heterocycles. The van der Waals surface area contributed by atoms with Gasteiger partial charge >= 0.3 is 5.97 Å². The molecule has 0 spiro atoms. The van der Waals surface area contributed by atoms with Gasteiger partial charge < -0.3 is 29.0 Å². The zero-order valence-electron chi connectivity index (χ0n) is 25.4. The molecule has 2 aromatic rings. The van der Waals surface area contributed by atoms with Gasteiger partial charge in [-0.1, -0.05) is 31.4 Å². The molecule has 0 aromatic heterocycles. The standard InChI is InChI=1S/C32H42N2O9S/c1-40-27-12-14-28(15-13-27)44(38,39)34(18-20-35)19-21-42-30-23-26(24-8-10-25(11-9-24)32(37)41-2)22-29(43-30)31(36)33-16-6-4-3-5-7-17-33/h8-15,22,26,30,35H,3-7,16-21,23H2,1-2H3/t26-,30+/m0/s1. The van der Waals surface area contributed by atoms with Crippen LogP contribution in [0.3, 0.4) is 0 Å². The molecule has 2 aliphatic heterocycles. The van der Waals surface area contributed by atoms with Crippen LogP contribution >= 0.6 is 0 Å². The molecule has 2 heterocycles. The van der Waals surface area contributed by atoms with Gasteiger partial charge in [-0.2, -0.15) is 4.31 Å². The molecule has 2 aliphatic rings. The predicted octanol–water partition coefficient (Wildman–Crippen LogP) is 3.69. The van der Waals surface area contributed by atoms with Gasteiger partial charge in [-0.25, -0.2) is 13.2 Å². The molecule has 0 bridgehead atoms. The van der Waals surface area contributed by atoms with Crippen molar-refractivity contribution in [2.24, 2.45) is 0 Å². The fourth-order valence-electron chi connectivity index (χ4n) is 5.38. The molecule has 1 amide bonds. The topological polar surface area (TPSA) is 132 Å². The molecule has 0 aliphatic carbocycles. The summed E-state index contributed by atoms with van der Waals surface area (Å²) in [7, 11) is -1.09. The van der Waals surface area contributed by atoms with Gasteiger partial charge in [0.2, 0.25) is 16.3 Å². The van der Waals surface area contributed by atoms with E-state index in [2.05, 4.69) is 0 Å². The largest absolute Gasteiger partial charge is 0.497 e. The highest BCUT2D eigenvalue weighted by atomic mass is 32.2. The van der Waals surface area contributed by atoms with E-state index in [1.165, 1.54) is 32.8 Å². The number of esters is 1. The number of rotatable bonds is 12. The minimum absolute atomic E-state index is 0.0285. The predicted molar refractivity (Wildman–Crippen MR) is 163 cm³/mol. The number of allylic oxidation sites excluding steroid dienone is 1. The number of sulfonamides is 1. The first-order chi connectivity index (χ1) is 21.3. The number of ether oxygens (including phenoxy) is 4. The second-order valence-corrected chi connectivity index (χ2v) is 12.7. The van der Waals surface area contributed by atoms with E-state index in [9.17, 15) is 23.1 Å².